The molecule has 1 aromatic carbocycles. The van der Waals surface area contributed by atoms with Gasteiger partial charge in [-0.3, -0.25) is 4.55 Å². The van der Waals surface area contributed by atoms with Gasteiger partial charge in [-0.1, -0.05) is 6.07 Å². The molecule has 0 saturated heterocycles. The predicted molar refractivity (Wildman–Crippen MR) is 110 cm³/mol. The second kappa shape index (κ2) is 8.13. The van der Waals surface area contributed by atoms with Crippen molar-refractivity contribution in [3.63, 3.8) is 0 Å². The molecule has 2 aliphatic rings. The normalized spacial score (nSPS) is 17.8. The molecular formula is C17H23N5O5S2. The lowest BCUT2D eigenvalue weighted by Crippen LogP contribution is -2.35. The van der Waals surface area contributed by atoms with Crippen LogP contribution < -0.4 is 15.4 Å². The molecular weight excluding hydrogens is 418 g/mol. The van der Waals surface area contributed by atoms with Crippen LogP contribution in [-0.4, -0.2) is 35.3 Å². The summed E-state index contributed by atoms with van der Waals surface area (Å²) in [6.45, 7) is 0. The van der Waals surface area contributed by atoms with Gasteiger partial charge in [-0.05, 0) is 60.8 Å². The minimum Gasteiger partial charge on any atom is -0.374 e. The maximum absolute atomic E-state index is 12.6. The van der Waals surface area contributed by atoms with Crippen molar-refractivity contribution in [1.29, 1.82) is 10.2 Å². The van der Waals surface area contributed by atoms with Gasteiger partial charge in [-0.2, -0.15) is 8.42 Å². The van der Waals surface area contributed by atoms with Crippen LogP contribution >= 0.6 is 0 Å². The number of aryl methyl sites for hydroxylation is 2. The summed E-state index contributed by atoms with van der Waals surface area (Å²) in [5, 5.41) is 12.2. The van der Waals surface area contributed by atoms with E-state index in [-0.39, 0.29) is 0 Å². The highest BCUT2D eigenvalue weighted by molar-refractivity contribution is 7.95. The largest absolute Gasteiger partial charge is 0.374 e. The number of benzene rings is 1. The van der Waals surface area contributed by atoms with Crippen LogP contribution in [0.5, 0.6) is 0 Å². The molecule has 0 spiro atoms. The lowest BCUT2D eigenvalue weighted by atomic mass is 9.99. The first-order valence-corrected chi connectivity index (χ1v) is 12.2. The molecule has 1 aromatic rings. The lowest BCUT2D eigenvalue weighted by Gasteiger charge is -2.17. The van der Waals surface area contributed by atoms with E-state index < -0.39 is 36.8 Å². The summed E-state index contributed by atoms with van der Waals surface area (Å²) in [6.07, 6.45) is 7.02. The summed E-state index contributed by atoms with van der Waals surface area (Å²) >= 11 is 0. The molecule has 0 aromatic heterocycles. The zero-order chi connectivity index (χ0) is 21.2. The summed E-state index contributed by atoms with van der Waals surface area (Å²) in [6, 6.07) is 1.37. The maximum Gasteiger partial charge on any atom is 0.331 e. The Balaban J connectivity index is 1.77. The first kappa shape index (κ1) is 21.3. The molecule has 6 N–H and O–H groups in total. The van der Waals surface area contributed by atoms with E-state index in [2.05, 4.69) is 21.4 Å². The number of hydrogen-bond acceptors (Lipinski definition) is 7. The van der Waals surface area contributed by atoms with Gasteiger partial charge in [0.15, 0.2) is 9.92 Å². The SMILES string of the molecule is N=C/C(=C\NCS(=O)(=O)O)S(=N)(=O)NC(=O)Nc1c2c(cc3c1CCC3)CCC2. The molecule has 0 fully saturated rings. The molecule has 1 unspecified atom stereocenters. The van der Waals surface area contributed by atoms with E-state index in [9.17, 15) is 17.4 Å². The van der Waals surface area contributed by atoms with Crippen LogP contribution in [-0.2, 0) is 45.7 Å². The molecule has 12 heteroatoms. The van der Waals surface area contributed by atoms with Gasteiger partial charge in [0.1, 0.15) is 10.8 Å². The van der Waals surface area contributed by atoms with Gasteiger partial charge in [0.25, 0.3) is 10.1 Å². The first-order valence-electron chi connectivity index (χ1n) is 9.04. The highest BCUT2D eigenvalue weighted by Gasteiger charge is 2.26. The van der Waals surface area contributed by atoms with Crippen molar-refractivity contribution in [2.75, 3.05) is 11.2 Å². The zero-order valence-electron chi connectivity index (χ0n) is 15.6. The van der Waals surface area contributed by atoms with Gasteiger partial charge in [0, 0.05) is 18.1 Å². The van der Waals surface area contributed by atoms with E-state index in [4.69, 9.17) is 14.7 Å². The topological polar surface area (TPSA) is 172 Å². The fraction of sp³-hybridized carbons (Fsp3) is 0.412. The van der Waals surface area contributed by atoms with Gasteiger partial charge in [-0.15, -0.1) is 0 Å². The Morgan fingerprint density at radius 2 is 1.69 bits per heavy atom. The average molecular weight is 442 g/mol. The maximum atomic E-state index is 12.6. The third kappa shape index (κ3) is 4.95. The number of fused-ring (bicyclic) bond motifs is 2. The molecule has 0 saturated carbocycles. The van der Waals surface area contributed by atoms with E-state index in [1.165, 1.54) is 11.1 Å². The van der Waals surface area contributed by atoms with Crippen LogP contribution in [0, 0.1) is 10.2 Å². The molecule has 0 aliphatic heterocycles. The average Bonchev–Trinajstić information content (AvgIpc) is 3.25. The Hall–Kier alpha value is -2.44. The highest BCUT2D eigenvalue weighted by Crippen LogP contribution is 2.38. The lowest BCUT2D eigenvalue weighted by molar-refractivity contribution is 0.257. The molecule has 2 aliphatic carbocycles. The fourth-order valence-corrected chi connectivity index (χ4v) is 4.89. The number of carbonyl (C=O) groups excluding carboxylic acids is 1. The Labute approximate surface area is 169 Å². The second-order valence-electron chi connectivity index (χ2n) is 6.97. The van der Waals surface area contributed by atoms with Gasteiger partial charge in [-0.25, -0.2) is 18.5 Å². The molecule has 29 heavy (non-hydrogen) atoms. The molecule has 0 radical (unpaired) electrons. The third-order valence-electron chi connectivity index (χ3n) is 4.93. The van der Waals surface area contributed by atoms with Crippen LogP contribution in [0.3, 0.4) is 0 Å². The number of nitrogens with one attached hydrogen (secondary N) is 5. The van der Waals surface area contributed by atoms with Crippen LogP contribution in [0.1, 0.15) is 35.1 Å². The van der Waals surface area contributed by atoms with E-state index >= 15 is 0 Å². The van der Waals surface area contributed by atoms with Crippen LogP contribution in [0.2, 0.25) is 0 Å². The fourth-order valence-electron chi connectivity index (χ4n) is 3.75. The van der Waals surface area contributed by atoms with Crippen molar-refractivity contribution in [2.45, 2.75) is 38.5 Å². The third-order valence-corrected chi connectivity index (χ3v) is 6.84. The van der Waals surface area contributed by atoms with Crippen LogP contribution in [0.4, 0.5) is 10.5 Å². The van der Waals surface area contributed by atoms with Gasteiger partial charge in [0.05, 0.1) is 0 Å². The molecule has 0 heterocycles. The Kier molecular flexibility index (Phi) is 5.96. The minimum absolute atomic E-state index is 0.445. The van der Waals surface area contributed by atoms with E-state index in [1.807, 2.05) is 0 Å². The van der Waals surface area contributed by atoms with Crippen molar-refractivity contribution < 1.29 is 22.0 Å². The smallest absolute Gasteiger partial charge is 0.331 e. The van der Waals surface area contributed by atoms with E-state index in [0.717, 1.165) is 61.5 Å². The van der Waals surface area contributed by atoms with Crippen molar-refractivity contribution in [3.8, 4) is 0 Å². The molecule has 3 rings (SSSR count). The number of allylic oxidation sites excluding steroid dienone is 1. The monoisotopic (exact) mass is 441 g/mol. The standard InChI is InChI=1S/C17H23N5O5S2/c18-8-13(9-20-10-28(24,25)26)29(19,27)22-17(23)21-16-14-5-1-3-11(14)7-12-4-2-6-15(12)16/h7-9,18,20H,1-6,10H2,(H,24,25,26)(H3,19,21,22,23,27)/b13-9+,18-8?. The Morgan fingerprint density at radius 3 is 2.21 bits per heavy atom. The zero-order valence-corrected chi connectivity index (χ0v) is 17.2. The second-order valence-corrected chi connectivity index (χ2v) is 10.2. The molecule has 1 atom stereocenters. The summed E-state index contributed by atoms with van der Waals surface area (Å²) in [7, 11) is -8.25. The van der Waals surface area contributed by atoms with E-state index in [1.54, 1.807) is 0 Å². The van der Waals surface area contributed by atoms with Crippen molar-refractivity contribution in [2.24, 2.45) is 0 Å². The summed E-state index contributed by atoms with van der Waals surface area (Å²) < 4.78 is 52.7. The van der Waals surface area contributed by atoms with Gasteiger partial charge >= 0.3 is 6.03 Å². The predicted octanol–water partition coefficient (Wildman–Crippen LogP) is 1.67. The molecule has 0 bridgehead atoms. The Bertz CT molecular complexity index is 1060. The first-order chi connectivity index (χ1) is 13.6. The number of carbonyl (C=O) groups is 1. The number of amides is 2. The van der Waals surface area contributed by atoms with Crippen molar-refractivity contribution in [3.05, 3.63) is 39.4 Å². The quantitative estimate of drug-likeness (QED) is 0.277. The Morgan fingerprint density at radius 1 is 1.10 bits per heavy atom. The molecule has 10 nitrogen and oxygen atoms in total. The van der Waals surface area contributed by atoms with Crippen LogP contribution in [0.25, 0.3) is 0 Å². The van der Waals surface area contributed by atoms with Crippen molar-refractivity contribution >= 4 is 38.0 Å². The van der Waals surface area contributed by atoms with Crippen molar-refractivity contribution in [1.82, 2.24) is 10.0 Å². The summed E-state index contributed by atoms with van der Waals surface area (Å²) in [5.74, 6) is -0.881. The number of rotatable bonds is 7. The van der Waals surface area contributed by atoms with E-state index in [0.29, 0.717) is 6.21 Å². The number of anilines is 1. The van der Waals surface area contributed by atoms with Crippen LogP contribution in [0.15, 0.2) is 17.2 Å². The number of hydrogen-bond donors (Lipinski definition) is 6. The number of urea groups is 1. The van der Waals surface area contributed by atoms with Gasteiger partial charge in [0.2, 0.25) is 0 Å². The summed E-state index contributed by atoms with van der Waals surface area (Å²) in [5.41, 5.74) is 5.30. The molecule has 158 valence electrons. The minimum atomic E-state index is -4.33. The highest BCUT2D eigenvalue weighted by atomic mass is 32.2. The summed E-state index contributed by atoms with van der Waals surface area (Å²) in [4.78, 5) is 12.1. The molecule has 2 amide bonds. The van der Waals surface area contributed by atoms with Gasteiger partial charge < -0.3 is 16.0 Å².